The number of aromatic nitrogens is 1. The second-order valence-corrected chi connectivity index (χ2v) is 5.43. The normalized spacial score (nSPS) is 11.7. The van der Waals surface area contributed by atoms with E-state index in [9.17, 15) is 18.3 Å². The van der Waals surface area contributed by atoms with Crippen LogP contribution in [0.3, 0.4) is 0 Å². The maximum Gasteiger partial charge on any atom is 0.417 e. The highest BCUT2D eigenvalue weighted by Gasteiger charge is 2.34. The van der Waals surface area contributed by atoms with E-state index in [1.54, 1.807) is 19.1 Å². The Morgan fingerprint density at radius 3 is 2.46 bits per heavy atom. The predicted molar refractivity (Wildman–Crippen MR) is 85.1 cm³/mol. The number of aromatic hydroxyl groups is 1. The zero-order valence-electron chi connectivity index (χ0n) is 13.0. The number of methoxy groups -OCH3 is 1. The minimum Gasteiger partial charge on any atom is -0.508 e. The molecule has 2 aromatic carbocycles. The van der Waals surface area contributed by atoms with E-state index in [-0.39, 0.29) is 22.4 Å². The first-order valence-electron chi connectivity index (χ1n) is 7.15. The minimum absolute atomic E-state index is 0.0194. The van der Waals surface area contributed by atoms with Crippen molar-refractivity contribution in [3.8, 4) is 22.6 Å². The zero-order chi connectivity index (χ0) is 17.5. The van der Waals surface area contributed by atoms with Gasteiger partial charge in [-0.15, -0.1) is 0 Å². The summed E-state index contributed by atoms with van der Waals surface area (Å²) < 4.78 is 45.6. The molecule has 0 bridgehead atoms. The number of phenols is 1. The lowest BCUT2D eigenvalue weighted by Crippen LogP contribution is -2.07. The third-order valence-corrected chi connectivity index (χ3v) is 3.88. The van der Waals surface area contributed by atoms with Crippen molar-refractivity contribution in [3.05, 3.63) is 53.7 Å². The molecule has 0 radical (unpaired) electrons. The molecule has 0 aliphatic rings. The molecule has 0 amide bonds. The lowest BCUT2D eigenvalue weighted by Gasteiger charge is -2.15. The molecule has 6 heteroatoms. The summed E-state index contributed by atoms with van der Waals surface area (Å²) in [6.07, 6.45) is -3.12. The van der Waals surface area contributed by atoms with Gasteiger partial charge in [-0.05, 0) is 41.8 Å². The topological polar surface area (TPSA) is 42.4 Å². The van der Waals surface area contributed by atoms with E-state index < -0.39 is 11.7 Å². The highest BCUT2D eigenvalue weighted by Crippen LogP contribution is 2.41. The fraction of sp³-hybridized carbons (Fsp3) is 0.167. The molecule has 0 aliphatic carbocycles. The molecule has 0 atom stereocenters. The summed E-state index contributed by atoms with van der Waals surface area (Å²) >= 11 is 0. The molecule has 1 aromatic heterocycles. The van der Waals surface area contributed by atoms with E-state index in [0.29, 0.717) is 16.7 Å². The Balaban J connectivity index is 2.39. The van der Waals surface area contributed by atoms with Crippen molar-refractivity contribution in [1.29, 1.82) is 0 Å². The van der Waals surface area contributed by atoms with Crippen LogP contribution in [0.25, 0.3) is 22.0 Å². The van der Waals surface area contributed by atoms with Crippen molar-refractivity contribution in [1.82, 2.24) is 4.98 Å². The van der Waals surface area contributed by atoms with Crippen LogP contribution in [-0.4, -0.2) is 17.2 Å². The Morgan fingerprint density at radius 1 is 1.08 bits per heavy atom. The lowest BCUT2D eigenvalue weighted by molar-refractivity contribution is -0.136. The largest absolute Gasteiger partial charge is 0.508 e. The van der Waals surface area contributed by atoms with Crippen molar-refractivity contribution >= 4 is 10.9 Å². The number of rotatable bonds is 2. The van der Waals surface area contributed by atoms with Gasteiger partial charge in [-0.2, -0.15) is 13.2 Å². The SMILES string of the molecule is COc1cc(C(F)(F)F)c2c(-c3ccc(C)c(O)c3)ccnc2c1. The standard InChI is InChI=1S/C18H14F3NO2/c1-10-3-4-11(7-16(10)23)13-5-6-22-15-9-12(24-2)8-14(17(13)15)18(19,20)21/h3-9,23H,1-2H3. The summed E-state index contributed by atoms with van der Waals surface area (Å²) in [6.45, 7) is 1.72. The van der Waals surface area contributed by atoms with Gasteiger partial charge in [0.2, 0.25) is 0 Å². The zero-order valence-corrected chi connectivity index (χ0v) is 13.0. The Morgan fingerprint density at radius 2 is 1.83 bits per heavy atom. The van der Waals surface area contributed by atoms with Crippen molar-refractivity contribution < 1.29 is 23.0 Å². The number of benzene rings is 2. The molecule has 0 aliphatic heterocycles. The molecule has 0 fully saturated rings. The first-order chi connectivity index (χ1) is 11.3. The molecule has 1 heterocycles. The van der Waals surface area contributed by atoms with Gasteiger partial charge in [0.15, 0.2) is 0 Å². The highest BCUT2D eigenvalue weighted by molar-refractivity contribution is 5.98. The van der Waals surface area contributed by atoms with Gasteiger partial charge in [-0.3, -0.25) is 4.98 Å². The van der Waals surface area contributed by atoms with Gasteiger partial charge >= 0.3 is 6.18 Å². The second kappa shape index (κ2) is 5.70. The van der Waals surface area contributed by atoms with Gasteiger partial charge in [0, 0.05) is 17.6 Å². The Bertz CT molecular complexity index is 920. The summed E-state index contributed by atoms with van der Waals surface area (Å²) in [4.78, 5) is 4.05. The molecule has 0 unspecified atom stereocenters. The fourth-order valence-corrected chi connectivity index (χ4v) is 2.62. The van der Waals surface area contributed by atoms with Crippen LogP contribution >= 0.6 is 0 Å². The molecule has 0 saturated heterocycles. The van der Waals surface area contributed by atoms with Crippen molar-refractivity contribution in [3.63, 3.8) is 0 Å². The van der Waals surface area contributed by atoms with E-state index in [1.807, 2.05) is 0 Å². The minimum atomic E-state index is -4.56. The number of fused-ring (bicyclic) bond motifs is 1. The van der Waals surface area contributed by atoms with Gasteiger partial charge in [-0.1, -0.05) is 12.1 Å². The monoisotopic (exact) mass is 333 g/mol. The van der Waals surface area contributed by atoms with Crippen LogP contribution in [0.15, 0.2) is 42.6 Å². The molecular formula is C18H14F3NO2. The van der Waals surface area contributed by atoms with Gasteiger partial charge in [-0.25, -0.2) is 0 Å². The molecule has 3 aromatic rings. The first-order valence-corrected chi connectivity index (χ1v) is 7.15. The molecule has 0 spiro atoms. The number of halogens is 3. The number of nitrogens with zero attached hydrogens (tertiary/aromatic N) is 1. The summed E-state index contributed by atoms with van der Waals surface area (Å²) in [5.74, 6) is 0.116. The average Bonchev–Trinajstić information content (AvgIpc) is 2.54. The maximum absolute atomic E-state index is 13.5. The van der Waals surface area contributed by atoms with Crippen LogP contribution in [-0.2, 0) is 6.18 Å². The molecule has 3 nitrogen and oxygen atoms in total. The summed E-state index contributed by atoms with van der Waals surface area (Å²) in [7, 11) is 1.31. The molecular weight excluding hydrogens is 319 g/mol. The number of hydrogen-bond acceptors (Lipinski definition) is 3. The first kappa shape index (κ1) is 16.1. The van der Waals surface area contributed by atoms with Crippen LogP contribution in [0.1, 0.15) is 11.1 Å². The number of pyridine rings is 1. The van der Waals surface area contributed by atoms with Crippen molar-refractivity contribution in [2.45, 2.75) is 13.1 Å². The summed E-state index contributed by atoms with van der Waals surface area (Å²) in [5, 5.41) is 9.87. The quantitative estimate of drug-likeness (QED) is 0.722. The van der Waals surface area contributed by atoms with E-state index >= 15 is 0 Å². The number of aryl methyl sites for hydroxylation is 1. The van der Waals surface area contributed by atoms with E-state index in [2.05, 4.69) is 4.98 Å². The van der Waals surface area contributed by atoms with Crippen LogP contribution in [0.4, 0.5) is 13.2 Å². The number of ether oxygens (including phenoxy) is 1. The number of phenolic OH excluding ortho intramolecular Hbond substituents is 1. The van der Waals surface area contributed by atoms with Crippen molar-refractivity contribution in [2.75, 3.05) is 7.11 Å². The Kier molecular flexibility index (Phi) is 3.83. The van der Waals surface area contributed by atoms with Gasteiger partial charge < -0.3 is 9.84 Å². The number of alkyl halides is 3. The van der Waals surface area contributed by atoms with Crippen LogP contribution in [0.5, 0.6) is 11.5 Å². The Hall–Kier alpha value is -2.76. The molecule has 1 N–H and O–H groups in total. The third kappa shape index (κ3) is 2.75. The maximum atomic E-state index is 13.5. The van der Waals surface area contributed by atoms with Gasteiger partial charge in [0.1, 0.15) is 11.5 Å². The second-order valence-electron chi connectivity index (χ2n) is 5.43. The van der Waals surface area contributed by atoms with Crippen LogP contribution in [0, 0.1) is 6.92 Å². The summed E-state index contributed by atoms with van der Waals surface area (Å²) in [6, 6.07) is 8.72. The average molecular weight is 333 g/mol. The summed E-state index contributed by atoms with van der Waals surface area (Å²) in [5.41, 5.74) is 0.848. The van der Waals surface area contributed by atoms with Gasteiger partial charge in [0.05, 0.1) is 18.2 Å². The molecule has 0 saturated carbocycles. The van der Waals surface area contributed by atoms with Crippen LogP contribution in [0.2, 0.25) is 0 Å². The smallest absolute Gasteiger partial charge is 0.417 e. The molecule has 124 valence electrons. The third-order valence-electron chi connectivity index (χ3n) is 3.88. The van der Waals surface area contributed by atoms with Crippen LogP contribution < -0.4 is 4.74 Å². The predicted octanol–water partition coefficient (Wildman–Crippen LogP) is 4.94. The fourth-order valence-electron chi connectivity index (χ4n) is 2.62. The van der Waals surface area contributed by atoms with E-state index in [0.717, 1.165) is 6.07 Å². The molecule has 3 rings (SSSR count). The molecule has 24 heavy (non-hydrogen) atoms. The van der Waals surface area contributed by atoms with Crippen molar-refractivity contribution in [2.24, 2.45) is 0 Å². The number of hydrogen-bond donors (Lipinski definition) is 1. The van der Waals surface area contributed by atoms with E-state index in [1.165, 1.54) is 31.5 Å². The highest BCUT2D eigenvalue weighted by atomic mass is 19.4. The van der Waals surface area contributed by atoms with E-state index in [4.69, 9.17) is 4.74 Å². The van der Waals surface area contributed by atoms with Gasteiger partial charge in [0.25, 0.3) is 0 Å². The Labute approximate surface area is 136 Å². The lowest BCUT2D eigenvalue weighted by atomic mass is 9.96.